The average Bonchev–Trinajstić information content (AvgIpc) is 3.96. The molecule has 0 N–H and O–H groups in total. The largest absolute Gasteiger partial charge is 0.456 e. The zero-order chi connectivity index (χ0) is 49.9. The lowest BCUT2D eigenvalue weighted by molar-refractivity contribution is 0.669. The fourth-order valence-electron chi connectivity index (χ4n) is 7.17. The Labute approximate surface area is 353 Å². The van der Waals surface area contributed by atoms with Gasteiger partial charge in [0.2, 0.25) is 0 Å². The molecule has 0 aliphatic heterocycles. The zero-order valence-electron chi connectivity index (χ0n) is 43.6. The van der Waals surface area contributed by atoms with E-state index in [1.54, 1.807) is 23.5 Å². The number of hydrogen-bond donors (Lipinski definition) is 0. The van der Waals surface area contributed by atoms with Crippen molar-refractivity contribution in [1.82, 2.24) is 9.97 Å². The van der Waals surface area contributed by atoms with E-state index in [4.69, 9.17) is 28.1 Å². The third-order valence-corrected chi connectivity index (χ3v) is 10.9. The monoisotopic (exact) mass is 761 g/mol. The quantitative estimate of drug-likeness (QED) is 0.162. The van der Waals surface area contributed by atoms with Crippen LogP contribution in [-0.2, 0) is 0 Å². The van der Waals surface area contributed by atoms with Crippen molar-refractivity contribution in [2.75, 3.05) is 4.90 Å². The molecule has 0 fully saturated rings. The number of fused-ring (bicyclic) bond motifs is 6. The SMILES string of the molecule is [2H]c1c([2H])c([2H])c(N(c2c([2H])c([2H])c([2H])c([2H])c2[2H])c2c([2H])c([2H])c(-c3cc(-c4cccc(-c5nc(-c6ccccc6)c6sc7ccccc7c6n5)c4)c4c(c3)oc3ccccc34)c([2H])c2[2H])c([2H])c1[2H]. The molecule has 4 nitrogen and oxygen atoms in total. The van der Waals surface area contributed by atoms with E-state index in [-0.39, 0.29) is 11.1 Å². The van der Waals surface area contributed by atoms with Crippen LogP contribution >= 0.6 is 11.3 Å². The van der Waals surface area contributed by atoms with Crippen molar-refractivity contribution in [2.45, 2.75) is 0 Å². The minimum atomic E-state index is -0.878. The second-order valence-corrected chi connectivity index (χ2v) is 14.2. The molecule has 268 valence electrons. The molecule has 5 heteroatoms. The van der Waals surface area contributed by atoms with Gasteiger partial charge >= 0.3 is 0 Å². The maximum Gasteiger partial charge on any atom is 0.160 e. The molecule has 0 aliphatic rings. The molecule has 11 aromatic rings. The third kappa shape index (κ3) is 5.84. The first-order valence-corrected chi connectivity index (χ1v) is 18.7. The lowest BCUT2D eigenvalue weighted by Crippen LogP contribution is -2.09. The van der Waals surface area contributed by atoms with E-state index in [1.165, 1.54) is 0 Å². The fourth-order valence-corrected chi connectivity index (χ4v) is 8.33. The summed E-state index contributed by atoms with van der Waals surface area (Å²) in [5.41, 5.74) is 3.20. The van der Waals surface area contributed by atoms with Gasteiger partial charge in [0, 0.05) is 49.0 Å². The number of furan rings is 1. The highest BCUT2D eigenvalue weighted by Gasteiger charge is 2.20. The topological polar surface area (TPSA) is 42.2 Å². The number of rotatable bonds is 7. The van der Waals surface area contributed by atoms with Crippen LogP contribution in [-0.4, -0.2) is 9.97 Å². The van der Waals surface area contributed by atoms with Crippen LogP contribution in [0.3, 0.4) is 0 Å². The van der Waals surface area contributed by atoms with Gasteiger partial charge in [-0.25, -0.2) is 9.97 Å². The van der Waals surface area contributed by atoms with Crippen LogP contribution in [0.25, 0.3) is 87.1 Å². The molecular weight excluding hydrogens is 715 g/mol. The summed E-state index contributed by atoms with van der Waals surface area (Å²) < 4.78 is 133. The number of benzene rings is 8. The molecule has 3 aromatic heterocycles. The van der Waals surface area contributed by atoms with E-state index in [2.05, 4.69) is 6.07 Å². The van der Waals surface area contributed by atoms with E-state index in [9.17, 15) is 5.48 Å². The Balaban J connectivity index is 1.15. The number of nitrogens with zero attached hydrogens (tertiary/aromatic N) is 3. The average molecular weight is 762 g/mol. The lowest BCUT2D eigenvalue weighted by Gasteiger charge is -2.25. The van der Waals surface area contributed by atoms with Gasteiger partial charge in [0.25, 0.3) is 0 Å². The van der Waals surface area contributed by atoms with E-state index >= 15 is 0 Å². The van der Waals surface area contributed by atoms with Gasteiger partial charge in [-0.05, 0) is 88.8 Å². The molecule has 0 bridgehead atoms. The first-order chi connectivity index (χ1) is 34.1. The molecule has 0 amide bonds. The lowest BCUT2D eigenvalue weighted by atomic mass is 9.93. The molecular formula is C52H33N3OS. The Hall–Kier alpha value is -7.34. The predicted molar refractivity (Wildman–Crippen MR) is 239 cm³/mol. The van der Waals surface area contributed by atoms with E-state index < -0.39 is 102 Å². The highest BCUT2D eigenvalue weighted by Crippen LogP contribution is 2.43. The molecule has 57 heavy (non-hydrogen) atoms. The van der Waals surface area contributed by atoms with Crippen molar-refractivity contribution >= 4 is 70.6 Å². The van der Waals surface area contributed by atoms with Crippen LogP contribution in [0.5, 0.6) is 0 Å². The van der Waals surface area contributed by atoms with Gasteiger partial charge in [-0.2, -0.15) is 0 Å². The minimum absolute atomic E-state index is 0.198. The van der Waals surface area contributed by atoms with Gasteiger partial charge in [0.1, 0.15) is 11.2 Å². The molecule has 0 unspecified atom stereocenters. The van der Waals surface area contributed by atoms with Crippen LogP contribution in [0.15, 0.2) is 204 Å². The second kappa shape index (κ2) is 13.7. The summed E-state index contributed by atoms with van der Waals surface area (Å²) in [4.78, 5) is 11.0. The summed E-state index contributed by atoms with van der Waals surface area (Å²) in [6, 6.07) is 25.1. The number of thiophene rings is 1. The van der Waals surface area contributed by atoms with Gasteiger partial charge in [-0.15, -0.1) is 11.3 Å². The highest BCUT2D eigenvalue weighted by atomic mass is 32.1. The predicted octanol–water partition coefficient (Wildman–Crippen LogP) is 14.9. The first kappa shape index (κ1) is 21.7. The Morgan fingerprint density at radius 1 is 0.491 bits per heavy atom. The number of para-hydroxylation sites is 3. The molecule has 8 aromatic carbocycles. The standard InChI is InChI=1S/C52H33N3OS/c1-4-15-35(16-5-1)49-51-50(43-24-11-13-26-47(43)57-51)54-52(53-49)37-18-14-17-36(31-37)44-32-38(33-46-48(44)42-23-10-12-25-45(42)56-46)34-27-29-41(30-28-34)55(39-19-6-2-7-20-39)40-21-8-3-9-22-40/h1-33H/i2D,3D,6D,7D,8D,9D,19D,20D,21D,22D,27D,28D,29D,30D. The van der Waals surface area contributed by atoms with E-state index in [1.807, 2.05) is 97.1 Å². The van der Waals surface area contributed by atoms with E-state index in [0.29, 0.717) is 44.0 Å². The number of hydrogen-bond acceptors (Lipinski definition) is 5. The second-order valence-electron chi connectivity index (χ2n) is 13.1. The summed E-state index contributed by atoms with van der Waals surface area (Å²) in [5.74, 6) is 0.476. The number of aromatic nitrogens is 2. The summed E-state index contributed by atoms with van der Waals surface area (Å²) in [6.07, 6.45) is 0. The van der Waals surface area contributed by atoms with Gasteiger partial charge in [0.05, 0.1) is 35.1 Å². The molecule has 0 aliphatic carbocycles. The normalized spacial score (nSPS) is 14.9. The Morgan fingerprint density at radius 3 is 1.91 bits per heavy atom. The molecule has 0 saturated heterocycles. The molecule has 0 radical (unpaired) electrons. The molecule has 0 spiro atoms. The number of anilines is 3. The highest BCUT2D eigenvalue weighted by molar-refractivity contribution is 7.26. The van der Waals surface area contributed by atoms with Crippen molar-refractivity contribution in [3.8, 4) is 44.9 Å². The van der Waals surface area contributed by atoms with Crippen molar-refractivity contribution in [3.05, 3.63) is 200 Å². The molecule has 0 saturated carbocycles. The smallest absolute Gasteiger partial charge is 0.160 e. The van der Waals surface area contributed by atoms with Crippen molar-refractivity contribution in [3.63, 3.8) is 0 Å². The molecule has 0 atom stereocenters. The maximum atomic E-state index is 9.56. The molecule has 11 rings (SSSR count). The van der Waals surface area contributed by atoms with Gasteiger partial charge in [0.15, 0.2) is 5.82 Å². The van der Waals surface area contributed by atoms with Crippen molar-refractivity contribution < 1.29 is 23.6 Å². The van der Waals surface area contributed by atoms with Gasteiger partial charge in [-0.1, -0.05) is 133 Å². The van der Waals surface area contributed by atoms with Crippen molar-refractivity contribution in [1.29, 1.82) is 0 Å². The third-order valence-electron chi connectivity index (χ3n) is 9.72. The van der Waals surface area contributed by atoms with Crippen LogP contribution in [0.4, 0.5) is 17.1 Å². The summed E-state index contributed by atoms with van der Waals surface area (Å²) >= 11 is 1.63. The maximum absolute atomic E-state index is 9.56. The summed E-state index contributed by atoms with van der Waals surface area (Å²) in [6.45, 7) is 0. The van der Waals surface area contributed by atoms with E-state index in [0.717, 1.165) is 36.9 Å². The van der Waals surface area contributed by atoms with Gasteiger partial charge in [-0.3, -0.25) is 0 Å². The van der Waals surface area contributed by atoms with Crippen LogP contribution < -0.4 is 4.90 Å². The summed E-state index contributed by atoms with van der Waals surface area (Å²) in [5, 5.41) is 2.47. The van der Waals surface area contributed by atoms with Crippen LogP contribution in [0.1, 0.15) is 19.2 Å². The molecule has 3 heterocycles. The zero-order valence-corrected chi connectivity index (χ0v) is 30.4. The van der Waals surface area contributed by atoms with Gasteiger partial charge < -0.3 is 9.32 Å². The van der Waals surface area contributed by atoms with Crippen molar-refractivity contribution in [2.24, 2.45) is 0 Å². The summed E-state index contributed by atoms with van der Waals surface area (Å²) in [7, 11) is 0. The van der Waals surface area contributed by atoms with Crippen LogP contribution in [0, 0.1) is 0 Å². The van der Waals surface area contributed by atoms with Crippen LogP contribution in [0.2, 0.25) is 0 Å². The Kier molecular flexibility index (Phi) is 5.23. The Morgan fingerprint density at radius 2 is 1.14 bits per heavy atom. The minimum Gasteiger partial charge on any atom is -0.456 e. The first-order valence-electron chi connectivity index (χ1n) is 24.9. The Bertz CT molecular complexity index is 3930. The fraction of sp³-hybridized carbons (Fsp3) is 0.